The van der Waals surface area contributed by atoms with E-state index in [1.165, 1.54) is 0 Å². The van der Waals surface area contributed by atoms with E-state index in [-0.39, 0.29) is 11.9 Å². The van der Waals surface area contributed by atoms with Crippen LogP contribution >= 0.6 is 0 Å². The summed E-state index contributed by atoms with van der Waals surface area (Å²) in [6.45, 7) is 10.0. The Morgan fingerprint density at radius 1 is 1.11 bits per heavy atom. The second kappa shape index (κ2) is 5.88. The van der Waals surface area contributed by atoms with Gasteiger partial charge in [-0.1, -0.05) is 6.07 Å². The minimum atomic E-state index is -0.159. The lowest BCUT2D eigenvalue weighted by atomic mass is 10.1. The molecule has 106 valence electrons. The Kier molecular flexibility index (Phi) is 4.42. The summed E-state index contributed by atoms with van der Waals surface area (Å²) in [5.41, 5.74) is 7.33. The van der Waals surface area contributed by atoms with E-state index in [2.05, 4.69) is 23.6 Å². The highest BCUT2D eigenvalue weighted by Gasteiger charge is 2.21. The quantitative estimate of drug-likeness (QED) is 0.910. The van der Waals surface area contributed by atoms with Crippen LogP contribution in [0.25, 0.3) is 0 Å². The molecule has 3 nitrogen and oxygen atoms in total. The third-order valence-electron chi connectivity index (χ3n) is 3.88. The van der Waals surface area contributed by atoms with Gasteiger partial charge in [0.25, 0.3) is 0 Å². The van der Waals surface area contributed by atoms with Crippen molar-refractivity contribution in [1.29, 1.82) is 0 Å². The number of benzene rings is 1. The molecule has 0 radical (unpaired) electrons. The van der Waals surface area contributed by atoms with Gasteiger partial charge >= 0.3 is 0 Å². The maximum Gasteiger partial charge on any atom is 0.146 e. The normalized spacial score (nSPS) is 18.9. The molecule has 0 unspecified atom stereocenters. The van der Waals surface area contributed by atoms with E-state index >= 15 is 0 Å². The van der Waals surface area contributed by atoms with Gasteiger partial charge in [0.1, 0.15) is 5.82 Å². The van der Waals surface area contributed by atoms with E-state index in [0.29, 0.717) is 11.7 Å². The SMILES string of the molecule is CC(C)N1CCN(c2ccc([C@@H](C)N)cc2F)CC1. The molecular formula is C15H24FN3. The Hall–Kier alpha value is -1.13. The molecule has 1 atom stereocenters. The first-order valence-electron chi connectivity index (χ1n) is 7.03. The smallest absolute Gasteiger partial charge is 0.146 e. The van der Waals surface area contributed by atoms with Gasteiger partial charge in [-0.25, -0.2) is 4.39 Å². The molecule has 0 aliphatic carbocycles. The van der Waals surface area contributed by atoms with Crippen LogP contribution in [0.5, 0.6) is 0 Å². The summed E-state index contributed by atoms with van der Waals surface area (Å²) in [5, 5.41) is 0. The van der Waals surface area contributed by atoms with Crippen molar-refractivity contribution in [2.45, 2.75) is 32.9 Å². The summed E-state index contributed by atoms with van der Waals surface area (Å²) >= 11 is 0. The third kappa shape index (κ3) is 3.25. The summed E-state index contributed by atoms with van der Waals surface area (Å²) in [7, 11) is 0. The van der Waals surface area contributed by atoms with Crippen molar-refractivity contribution >= 4 is 5.69 Å². The number of piperazine rings is 1. The monoisotopic (exact) mass is 265 g/mol. The minimum absolute atomic E-state index is 0.124. The fourth-order valence-corrected chi connectivity index (χ4v) is 2.54. The largest absolute Gasteiger partial charge is 0.367 e. The summed E-state index contributed by atoms with van der Waals surface area (Å²) < 4.78 is 14.1. The van der Waals surface area contributed by atoms with E-state index in [0.717, 1.165) is 31.7 Å². The van der Waals surface area contributed by atoms with Crippen molar-refractivity contribution in [1.82, 2.24) is 4.90 Å². The van der Waals surface area contributed by atoms with Gasteiger partial charge in [-0.05, 0) is 38.5 Å². The number of nitrogens with two attached hydrogens (primary N) is 1. The molecule has 0 spiro atoms. The molecular weight excluding hydrogens is 241 g/mol. The van der Waals surface area contributed by atoms with E-state index in [1.54, 1.807) is 6.07 Å². The van der Waals surface area contributed by atoms with Crippen molar-refractivity contribution in [3.63, 3.8) is 0 Å². The fraction of sp³-hybridized carbons (Fsp3) is 0.600. The number of nitrogens with zero attached hydrogens (tertiary/aromatic N) is 2. The van der Waals surface area contributed by atoms with Crippen LogP contribution in [-0.4, -0.2) is 37.1 Å². The predicted octanol–water partition coefficient (Wildman–Crippen LogP) is 2.38. The molecule has 1 aliphatic heterocycles. The topological polar surface area (TPSA) is 32.5 Å². The zero-order valence-electron chi connectivity index (χ0n) is 12.1. The van der Waals surface area contributed by atoms with Gasteiger partial charge in [-0.15, -0.1) is 0 Å². The first kappa shape index (κ1) is 14.3. The number of hydrogen-bond donors (Lipinski definition) is 1. The standard InChI is InChI=1S/C15H24FN3/c1-11(2)18-6-8-19(9-7-18)15-5-4-13(12(3)17)10-14(15)16/h4-5,10-12H,6-9,17H2,1-3H3/t12-/m1/s1. The molecule has 1 saturated heterocycles. The van der Waals surface area contributed by atoms with E-state index in [4.69, 9.17) is 5.73 Å². The molecule has 1 fully saturated rings. The average Bonchev–Trinajstić information content (AvgIpc) is 2.38. The maximum atomic E-state index is 14.1. The van der Waals surface area contributed by atoms with Crippen LogP contribution in [0.4, 0.5) is 10.1 Å². The molecule has 0 amide bonds. The van der Waals surface area contributed by atoms with E-state index in [9.17, 15) is 4.39 Å². The van der Waals surface area contributed by atoms with Gasteiger partial charge in [-0.2, -0.15) is 0 Å². The number of anilines is 1. The number of halogens is 1. The highest BCUT2D eigenvalue weighted by Crippen LogP contribution is 2.24. The van der Waals surface area contributed by atoms with Gasteiger partial charge in [-0.3, -0.25) is 4.90 Å². The van der Waals surface area contributed by atoms with Crippen LogP contribution < -0.4 is 10.6 Å². The Balaban J connectivity index is 2.07. The minimum Gasteiger partial charge on any atom is -0.367 e. The van der Waals surface area contributed by atoms with Crippen molar-refractivity contribution in [3.05, 3.63) is 29.6 Å². The molecule has 0 bridgehead atoms. The molecule has 0 saturated carbocycles. The van der Waals surface area contributed by atoms with E-state index < -0.39 is 0 Å². The molecule has 0 aromatic heterocycles. The first-order chi connectivity index (χ1) is 8.99. The molecule has 19 heavy (non-hydrogen) atoms. The number of hydrogen-bond acceptors (Lipinski definition) is 3. The Morgan fingerprint density at radius 2 is 1.74 bits per heavy atom. The van der Waals surface area contributed by atoms with Gasteiger partial charge in [0, 0.05) is 38.3 Å². The molecule has 1 aliphatic rings. The van der Waals surface area contributed by atoms with Crippen molar-refractivity contribution in [3.8, 4) is 0 Å². The average molecular weight is 265 g/mol. The second-order valence-corrected chi connectivity index (χ2v) is 5.62. The summed E-state index contributed by atoms with van der Waals surface area (Å²) in [4.78, 5) is 4.55. The Bertz CT molecular complexity index is 423. The summed E-state index contributed by atoms with van der Waals surface area (Å²) in [5.74, 6) is -0.159. The molecule has 4 heteroatoms. The van der Waals surface area contributed by atoms with Crippen LogP contribution in [0, 0.1) is 5.82 Å². The highest BCUT2D eigenvalue weighted by atomic mass is 19.1. The molecule has 2 N–H and O–H groups in total. The zero-order valence-corrected chi connectivity index (χ0v) is 12.1. The molecule has 1 heterocycles. The van der Waals surface area contributed by atoms with Gasteiger partial charge < -0.3 is 10.6 Å². The van der Waals surface area contributed by atoms with Gasteiger partial charge in [0.2, 0.25) is 0 Å². The third-order valence-corrected chi connectivity index (χ3v) is 3.88. The lowest BCUT2D eigenvalue weighted by molar-refractivity contribution is 0.209. The molecule has 2 rings (SSSR count). The zero-order chi connectivity index (χ0) is 14.0. The van der Waals surface area contributed by atoms with Crippen LogP contribution in [0.1, 0.15) is 32.4 Å². The van der Waals surface area contributed by atoms with E-state index in [1.807, 2.05) is 19.1 Å². The van der Waals surface area contributed by atoms with Crippen LogP contribution in [0.2, 0.25) is 0 Å². The number of rotatable bonds is 3. The lowest BCUT2D eigenvalue weighted by Gasteiger charge is -2.38. The van der Waals surface area contributed by atoms with Gasteiger partial charge in [0.05, 0.1) is 5.69 Å². The Morgan fingerprint density at radius 3 is 2.21 bits per heavy atom. The molecule has 1 aromatic rings. The predicted molar refractivity (Wildman–Crippen MR) is 77.9 cm³/mol. The second-order valence-electron chi connectivity index (χ2n) is 5.62. The summed E-state index contributed by atoms with van der Waals surface area (Å²) in [6.07, 6.45) is 0. The fourth-order valence-electron chi connectivity index (χ4n) is 2.54. The Labute approximate surface area is 115 Å². The van der Waals surface area contributed by atoms with Crippen molar-refractivity contribution in [2.24, 2.45) is 5.73 Å². The molecule has 1 aromatic carbocycles. The summed E-state index contributed by atoms with van der Waals surface area (Å²) in [6, 6.07) is 5.79. The maximum absolute atomic E-state index is 14.1. The van der Waals surface area contributed by atoms with Crippen LogP contribution in [0.3, 0.4) is 0 Å². The van der Waals surface area contributed by atoms with Crippen molar-refractivity contribution in [2.75, 3.05) is 31.1 Å². The lowest BCUT2D eigenvalue weighted by Crippen LogP contribution is -2.49. The van der Waals surface area contributed by atoms with Crippen LogP contribution in [0.15, 0.2) is 18.2 Å². The van der Waals surface area contributed by atoms with Gasteiger partial charge in [0.15, 0.2) is 0 Å². The first-order valence-corrected chi connectivity index (χ1v) is 7.03. The van der Waals surface area contributed by atoms with Crippen LogP contribution in [-0.2, 0) is 0 Å². The van der Waals surface area contributed by atoms with Crippen molar-refractivity contribution < 1.29 is 4.39 Å². The highest BCUT2D eigenvalue weighted by molar-refractivity contribution is 5.50.